The van der Waals surface area contributed by atoms with E-state index in [-0.39, 0.29) is 5.82 Å². The van der Waals surface area contributed by atoms with Crippen molar-refractivity contribution < 1.29 is 14.2 Å². The van der Waals surface area contributed by atoms with Gasteiger partial charge in [-0.2, -0.15) is 0 Å². The fourth-order valence-corrected chi connectivity index (χ4v) is 3.67. The highest BCUT2D eigenvalue weighted by Crippen LogP contribution is 2.12. The van der Waals surface area contributed by atoms with E-state index in [2.05, 4.69) is 29.0 Å². The zero-order valence-corrected chi connectivity index (χ0v) is 14.8. The molecule has 1 saturated heterocycles. The average Bonchev–Trinajstić information content (AvgIpc) is 3.07. The standard InChI is InChI=1S/C18H25FN6/c1-3-9-23-10-12-24(13-11-23)17(4-2)18-20-21-22-25(18)14-15-5-7-16(19)8-6-15/h3,5-8,17H,1,4,9-14H2,2H3/p+2/t17-/m0/s1. The number of tetrazole rings is 1. The summed E-state index contributed by atoms with van der Waals surface area (Å²) in [5.41, 5.74) is 1.00. The quantitative estimate of drug-likeness (QED) is 0.651. The van der Waals surface area contributed by atoms with Gasteiger partial charge in [-0.1, -0.05) is 25.6 Å². The van der Waals surface area contributed by atoms with Crippen LogP contribution in [0.25, 0.3) is 0 Å². The van der Waals surface area contributed by atoms with Gasteiger partial charge in [-0.25, -0.2) is 9.07 Å². The van der Waals surface area contributed by atoms with Gasteiger partial charge in [-0.05, 0) is 34.2 Å². The molecule has 2 N–H and O–H groups in total. The number of nitrogens with zero attached hydrogens (tertiary/aromatic N) is 4. The van der Waals surface area contributed by atoms with E-state index in [0.717, 1.165) is 50.5 Å². The van der Waals surface area contributed by atoms with E-state index in [1.165, 1.54) is 12.1 Å². The van der Waals surface area contributed by atoms with Crippen molar-refractivity contribution in [1.29, 1.82) is 0 Å². The third-order valence-corrected chi connectivity index (χ3v) is 5.05. The fourth-order valence-electron chi connectivity index (χ4n) is 3.67. The third kappa shape index (κ3) is 4.29. The minimum Gasteiger partial charge on any atom is -0.322 e. The summed E-state index contributed by atoms with van der Waals surface area (Å²) in [4.78, 5) is 3.14. The molecule has 1 atom stereocenters. The van der Waals surface area contributed by atoms with Crippen LogP contribution in [0, 0.1) is 5.82 Å². The second-order valence-electron chi connectivity index (χ2n) is 6.68. The lowest BCUT2D eigenvalue weighted by molar-refractivity contribution is -1.03. The van der Waals surface area contributed by atoms with Crippen LogP contribution in [0.5, 0.6) is 0 Å². The molecule has 1 aromatic heterocycles. The Balaban J connectivity index is 1.71. The summed E-state index contributed by atoms with van der Waals surface area (Å²) in [5, 5.41) is 12.4. The van der Waals surface area contributed by atoms with E-state index in [9.17, 15) is 4.39 Å². The molecule has 0 radical (unpaired) electrons. The monoisotopic (exact) mass is 346 g/mol. The van der Waals surface area contributed by atoms with Crippen molar-refractivity contribution in [2.45, 2.75) is 25.9 Å². The van der Waals surface area contributed by atoms with Crippen molar-refractivity contribution in [3.05, 3.63) is 54.1 Å². The molecule has 7 heteroatoms. The molecule has 0 amide bonds. The van der Waals surface area contributed by atoms with Crippen LogP contribution >= 0.6 is 0 Å². The molecule has 1 fully saturated rings. The molecule has 0 spiro atoms. The first-order valence-corrected chi connectivity index (χ1v) is 9.00. The van der Waals surface area contributed by atoms with Crippen molar-refractivity contribution in [3.8, 4) is 0 Å². The molecule has 6 nitrogen and oxygen atoms in total. The zero-order valence-electron chi connectivity index (χ0n) is 14.8. The minimum atomic E-state index is -0.225. The second-order valence-corrected chi connectivity index (χ2v) is 6.68. The molecule has 0 unspecified atom stereocenters. The molecular formula is C18H27FN6+2. The van der Waals surface area contributed by atoms with Crippen LogP contribution < -0.4 is 9.80 Å². The maximum Gasteiger partial charge on any atom is 0.209 e. The maximum absolute atomic E-state index is 13.1. The van der Waals surface area contributed by atoms with Crippen molar-refractivity contribution in [3.63, 3.8) is 0 Å². The number of hydrogen-bond donors (Lipinski definition) is 2. The van der Waals surface area contributed by atoms with Crippen LogP contribution in [-0.2, 0) is 6.54 Å². The summed E-state index contributed by atoms with van der Waals surface area (Å²) >= 11 is 0. The van der Waals surface area contributed by atoms with Gasteiger partial charge in [0.25, 0.3) is 0 Å². The maximum atomic E-state index is 13.1. The highest BCUT2D eigenvalue weighted by molar-refractivity contribution is 5.16. The topological polar surface area (TPSA) is 52.5 Å². The van der Waals surface area contributed by atoms with Crippen molar-refractivity contribution in [1.82, 2.24) is 20.2 Å². The SMILES string of the molecule is C=CC[NH+]1CC[NH+]([C@@H](CC)c2nnnn2Cc2ccc(F)cc2)CC1. The molecule has 1 aliphatic heterocycles. The summed E-state index contributed by atoms with van der Waals surface area (Å²) in [6, 6.07) is 6.81. The Bertz CT molecular complexity index is 675. The Morgan fingerprint density at radius 1 is 1.24 bits per heavy atom. The van der Waals surface area contributed by atoms with Crippen LogP contribution in [0.1, 0.15) is 30.8 Å². The van der Waals surface area contributed by atoms with Crippen LogP contribution in [0.4, 0.5) is 4.39 Å². The molecule has 3 rings (SSSR count). The van der Waals surface area contributed by atoms with Gasteiger partial charge in [-0.3, -0.25) is 0 Å². The lowest BCUT2D eigenvalue weighted by Crippen LogP contribution is -3.28. The molecule has 1 aromatic carbocycles. The predicted octanol–water partition coefficient (Wildman–Crippen LogP) is -0.719. The van der Waals surface area contributed by atoms with Crippen LogP contribution in [-0.4, -0.2) is 52.9 Å². The number of aromatic nitrogens is 4. The third-order valence-electron chi connectivity index (χ3n) is 5.05. The second kappa shape index (κ2) is 8.31. The Labute approximate surface area is 147 Å². The molecule has 2 heterocycles. The molecule has 0 bridgehead atoms. The van der Waals surface area contributed by atoms with Gasteiger partial charge in [0.15, 0.2) is 0 Å². The number of nitrogens with one attached hydrogen (secondary N) is 2. The van der Waals surface area contributed by atoms with Crippen molar-refractivity contribution >= 4 is 0 Å². The summed E-state index contributed by atoms with van der Waals surface area (Å²) in [5.74, 6) is 0.699. The van der Waals surface area contributed by atoms with Crippen LogP contribution in [0.2, 0.25) is 0 Å². The summed E-state index contributed by atoms with van der Waals surface area (Å²) in [7, 11) is 0. The van der Waals surface area contributed by atoms with Crippen LogP contribution in [0.3, 0.4) is 0 Å². The molecule has 2 aromatic rings. The first-order valence-electron chi connectivity index (χ1n) is 9.00. The Kier molecular flexibility index (Phi) is 5.88. The normalized spacial score (nSPS) is 21.8. The number of hydrogen-bond acceptors (Lipinski definition) is 3. The Morgan fingerprint density at radius 2 is 1.96 bits per heavy atom. The molecule has 134 valence electrons. The van der Waals surface area contributed by atoms with Gasteiger partial charge < -0.3 is 9.80 Å². The van der Waals surface area contributed by atoms with Gasteiger partial charge >= 0.3 is 0 Å². The first kappa shape index (κ1) is 17.7. The number of quaternary nitrogens is 2. The van der Waals surface area contributed by atoms with E-state index in [1.54, 1.807) is 21.9 Å². The molecule has 0 aliphatic carbocycles. The fraction of sp³-hybridized carbons (Fsp3) is 0.500. The number of benzene rings is 1. The summed E-state index contributed by atoms with van der Waals surface area (Å²) < 4.78 is 15.0. The highest BCUT2D eigenvalue weighted by atomic mass is 19.1. The van der Waals surface area contributed by atoms with E-state index < -0.39 is 0 Å². The average molecular weight is 346 g/mol. The smallest absolute Gasteiger partial charge is 0.209 e. The highest BCUT2D eigenvalue weighted by Gasteiger charge is 2.32. The molecule has 0 saturated carbocycles. The summed E-state index contributed by atoms with van der Waals surface area (Å²) in [6.07, 6.45) is 3.00. The zero-order chi connectivity index (χ0) is 17.6. The number of piperazine rings is 1. The lowest BCUT2D eigenvalue weighted by atomic mass is 10.1. The van der Waals surface area contributed by atoms with Crippen molar-refractivity contribution in [2.24, 2.45) is 0 Å². The molecule has 25 heavy (non-hydrogen) atoms. The van der Waals surface area contributed by atoms with Gasteiger partial charge in [-0.15, -0.1) is 5.10 Å². The number of rotatable bonds is 7. The van der Waals surface area contributed by atoms with E-state index in [0.29, 0.717) is 12.6 Å². The largest absolute Gasteiger partial charge is 0.322 e. The van der Waals surface area contributed by atoms with E-state index in [4.69, 9.17) is 0 Å². The minimum absolute atomic E-state index is 0.225. The Morgan fingerprint density at radius 3 is 2.60 bits per heavy atom. The first-order chi connectivity index (χ1) is 12.2. The molecular weight excluding hydrogens is 319 g/mol. The lowest BCUT2D eigenvalue weighted by Gasteiger charge is -2.33. The van der Waals surface area contributed by atoms with Gasteiger partial charge in [0.1, 0.15) is 38.0 Å². The van der Waals surface area contributed by atoms with Gasteiger partial charge in [0.2, 0.25) is 5.82 Å². The van der Waals surface area contributed by atoms with Crippen LogP contribution in [0.15, 0.2) is 36.9 Å². The van der Waals surface area contributed by atoms with Gasteiger partial charge in [0.05, 0.1) is 13.1 Å². The number of halogens is 1. The molecule has 1 aliphatic rings. The predicted molar refractivity (Wildman–Crippen MR) is 92.8 cm³/mol. The van der Waals surface area contributed by atoms with Crippen molar-refractivity contribution in [2.75, 3.05) is 32.7 Å². The van der Waals surface area contributed by atoms with E-state index in [1.807, 2.05) is 10.8 Å². The Hall–Kier alpha value is -2.12. The van der Waals surface area contributed by atoms with E-state index >= 15 is 0 Å². The summed E-state index contributed by atoms with van der Waals surface area (Å²) in [6.45, 7) is 12.2. The van der Waals surface area contributed by atoms with Gasteiger partial charge in [0, 0.05) is 6.42 Å².